The normalized spacial score (nSPS) is 13.8. The number of rotatable bonds is 6. The van der Waals surface area contributed by atoms with E-state index in [2.05, 4.69) is 16.1 Å². The first-order chi connectivity index (χ1) is 12.4. The predicted molar refractivity (Wildman–Crippen MR) is 98.2 cm³/mol. The van der Waals surface area contributed by atoms with Crippen molar-refractivity contribution in [1.82, 2.24) is 4.72 Å². The van der Waals surface area contributed by atoms with Gasteiger partial charge in [-0.15, -0.1) is 0 Å². The highest BCUT2D eigenvalue weighted by Crippen LogP contribution is 2.23. The number of aryl methyl sites for hydroxylation is 1. The summed E-state index contributed by atoms with van der Waals surface area (Å²) in [5, 5.41) is 11.5. The van der Waals surface area contributed by atoms with E-state index in [1.807, 2.05) is 0 Å². The minimum absolute atomic E-state index is 0.00510. The molecule has 134 valence electrons. The van der Waals surface area contributed by atoms with Crippen molar-refractivity contribution >= 4 is 21.6 Å². The van der Waals surface area contributed by atoms with Gasteiger partial charge in [-0.25, -0.2) is 13.1 Å². The van der Waals surface area contributed by atoms with Crippen molar-refractivity contribution in [3.05, 3.63) is 59.2 Å². The van der Waals surface area contributed by atoms with Gasteiger partial charge in [0.2, 0.25) is 10.0 Å². The number of benzene rings is 2. The molecule has 0 bridgehead atoms. The van der Waals surface area contributed by atoms with E-state index in [9.17, 15) is 13.2 Å². The summed E-state index contributed by atoms with van der Waals surface area (Å²) in [6, 6.07) is 13.6. The molecule has 2 N–H and O–H groups in total. The Labute approximate surface area is 152 Å². The summed E-state index contributed by atoms with van der Waals surface area (Å²) in [5.41, 5.74) is 2.44. The second-order valence-corrected chi connectivity index (χ2v) is 8.07. The number of hydrogen-bond acceptors (Lipinski definition) is 4. The van der Waals surface area contributed by atoms with E-state index in [4.69, 9.17) is 5.26 Å². The van der Waals surface area contributed by atoms with Gasteiger partial charge >= 0.3 is 0 Å². The van der Waals surface area contributed by atoms with E-state index in [0.717, 1.165) is 18.4 Å². The molecule has 0 saturated heterocycles. The molecule has 1 amide bonds. The Bertz CT molecular complexity index is 972. The molecule has 26 heavy (non-hydrogen) atoms. The second-order valence-electron chi connectivity index (χ2n) is 6.36. The Kier molecular flexibility index (Phi) is 5.07. The van der Waals surface area contributed by atoms with Crippen LogP contribution in [-0.2, 0) is 16.4 Å². The van der Waals surface area contributed by atoms with Gasteiger partial charge in [0.05, 0.1) is 17.4 Å². The maximum Gasteiger partial charge on any atom is 0.255 e. The van der Waals surface area contributed by atoms with Crippen molar-refractivity contribution in [2.45, 2.75) is 37.1 Å². The van der Waals surface area contributed by atoms with Crippen LogP contribution in [0, 0.1) is 18.3 Å². The van der Waals surface area contributed by atoms with Gasteiger partial charge in [0, 0.05) is 17.3 Å². The summed E-state index contributed by atoms with van der Waals surface area (Å²) >= 11 is 0. The largest absolute Gasteiger partial charge is 0.322 e. The van der Waals surface area contributed by atoms with Gasteiger partial charge in [-0.05, 0) is 55.2 Å². The average Bonchev–Trinajstić information content (AvgIpc) is 3.40. The van der Waals surface area contributed by atoms with E-state index in [1.54, 1.807) is 37.3 Å². The molecule has 1 fully saturated rings. The highest BCUT2D eigenvalue weighted by molar-refractivity contribution is 7.89. The zero-order valence-electron chi connectivity index (χ0n) is 14.3. The van der Waals surface area contributed by atoms with Crippen LogP contribution < -0.4 is 10.0 Å². The fourth-order valence-corrected chi connectivity index (χ4v) is 3.83. The van der Waals surface area contributed by atoms with Crippen LogP contribution in [0.3, 0.4) is 0 Å². The van der Waals surface area contributed by atoms with E-state index >= 15 is 0 Å². The third-order valence-electron chi connectivity index (χ3n) is 4.16. The summed E-state index contributed by atoms with van der Waals surface area (Å²) in [6.45, 7) is 1.76. The molecule has 1 saturated carbocycles. The van der Waals surface area contributed by atoms with Crippen LogP contribution in [-0.4, -0.2) is 20.4 Å². The van der Waals surface area contributed by atoms with Crippen LogP contribution in [0.4, 0.5) is 5.69 Å². The van der Waals surface area contributed by atoms with Crippen molar-refractivity contribution in [2.24, 2.45) is 0 Å². The van der Waals surface area contributed by atoms with E-state index in [-0.39, 0.29) is 16.8 Å². The number of anilines is 1. The minimum atomic E-state index is -3.62. The van der Waals surface area contributed by atoms with Crippen LogP contribution >= 0.6 is 0 Å². The molecule has 0 spiro atoms. The Morgan fingerprint density at radius 3 is 2.50 bits per heavy atom. The van der Waals surface area contributed by atoms with E-state index < -0.39 is 10.0 Å². The van der Waals surface area contributed by atoms with Gasteiger partial charge in [0.25, 0.3) is 5.91 Å². The van der Waals surface area contributed by atoms with Crippen LogP contribution in [0.15, 0.2) is 47.4 Å². The second kappa shape index (κ2) is 7.28. The smallest absolute Gasteiger partial charge is 0.255 e. The summed E-state index contributed by atoms with van der Waals surface area (Å²) in [4.78, 5) is 12.7. The molecule has 2 aromatic rings. The molecule has 1 aliphatic carbocycles. The Morgan fingerprint density at radius 1 is 1.19 bits per heavy atom. The summed E-state index contributed by atoms with van der Waals surface area (Å²) in [7, 11) is -3.62. The quantitative estimate of drug-likeness (QED) is 0.818. The van der Waals surface area contributed by atoms with Crippen molar-refractivity contribution in [3.8, 4) is 6.07 Å². The number of hydrogen-bond donors (Lipinski definition) is 2. The Hall–Kier alpha value is -2.69. The molecular weight excluding hydrogens is 350 g/mol. The number of nitrogens with one attached hydrogen (secondary N) is 2. The van der Waals surface area contributed by atoms with Gasteiger partial charge in [-0.2, -0.15) is 5.26 Å². The maximum absolute atomic E-state index is 12.6. The molecule has 0 radical (unpaired) electrons. The molecule has 0 aromatic heterocycles. The number of carbonyl (C=O) groups is 1. The first-order valence-corrected chi connectivity index (χ1v) is 9.77. The molecule has 0 atom stereocenters. The lowest BCUT2D eigenvalue weighted by Crippen LogP contribution is -2.26. The third-order valence-corrected chi connectivity index (χ3v) is 5.68. The first kappa shape index (κ1) is 18.1. The summed E-state index contributed by atoms with van der Waals surface area (Å²) in [5.74, 6) is -0.376. The van der Waals surface area contributed by atoms with Gasteiger partial charge in [-0.3, -0.25) is 4.79 Å². The zero-order valence-corrected chi connectivity index (χ0v) is 15.1. The molecule has 2 aromatic carbocycles. The maximum atomic E-state index is 12.6. The number of sulfonamides is 1. The molecule has 0 unspecified atom stereocenters. The lowest BCUT2D eigenvalue weighted by molar-refractivity contribution is 0.102. The van der Waals surface area contributed by atoms with Crippen molar-refractivity contribution in [3.63, 3.8) is 0 Å². The molecule has 6 nitrogen and oxygen atoms in total. The summed E-state index contributed by atoms with van der Waals surface area (Å²) in [6.07, 6.45) is 2.00. The van der Waals surface area contributed by atoms with Gasteiger partial charge in [0.15, 0.2) is 0 Å². The molecule has 7 heteroatoms. The zero-order chi connectivity index (χ0) is 18.7. The standard InChI is InChI=1S/C19H19N3O3S/c1-13-2-9-17(26(24,25)22-16-7-8-16)12-18(13)19(23)21-15-5-3-14(4-6-15)10-11-20/h2-6,9,12,16,22H,7-8,10H2,1H3,(H,21,23). The first-order valence-electron chi connectivity index (χ1n) is 8.29. The van der Waals surface area contributed by atoms with E-state index in [0.29, 0.717) is 23.2 Å². The number of nitriles is 1. The van der Waals surface area contributed by atoms with Crippen molar-refractivity contribution in [1.29, 1.82) is 5.26 Å². The molecule has 0 aliphatic heterocycles. The Balaban J connectivity index is 1.80. The topological polar surface area (TPSA) is 99.1 Å². The molecule has 1 aliphatic rings. The van der Waals surface area contributed by atoms with Crippen LogP contribution in [0.5, 0.6) is 0 Å². The SMILES string of the molecule is Cc1ccc(S(=O)(=O)NC2CC2)cc1C(=O)Nc1ccc(CC#N)cc1. The van der Waals surface area contributed by atoms with Crippen LogP contribution in [0.1, 0.15) is 34.3 Å². The number of amides is 1. The monoisotopic (exact) mass is 369 g/mol. The fraction of sp³-hybridized carbons (Fsp3) is 0.263. The van der Waals surface area contributed by atoms with Gasteiger partial charge in [0.1, 0.15) is 0 Å². The lowest BCUT2D eigenvalue weighted by Gasteiger charge is -2.11. The van der Waals surface area contributed by atoms with Crippen LogP contribution in [0.25, 0.3) is 0 Å². The lowest BCUT2D eigenvalue weighted by atomic mass is 10.1. The van der Waals surface area contributed by atoms with Gasteiger partial charge in [-0.1, -0.05) is 18.2 Å². The van der Waals surface area contributed by atoms with Crippen molar-refractivity contribution < 1.29 is 13.2 Å². The fourth-order valence-electron chi connectivity index (χ4n) is 2.50. The predicted octanol–water partition coefficient (Wildman–Crippen LogP) is 2.75. The summed E-state index contributed by atoms with van der Waals surface area (Å²) < 4.78 is 27.3. The van der Waals surface area contributed by atoms with E-state index in [1.165, 1.54) is 12.1 Å². The number of carbonyl (C=O) groups excluding carboxylic acids is 1. The molecule has 3 rings (SSSR count). The van der Waals surface area contributed by atoms with Crippen LogP contribution in [0.2, 0.25) is 0 Å². The highest BCUT2D eigenvalue weighted by Gasteiger charge is 2.28. The minimum Gasteiger partial charge on any atom is -0.322 e. The number of nitrogens with zero attached hydrogens (tertiary/aromatic N) is 1. The van der Waals surface area contributed by atoms with Gasteiger partial charge < -0.3 is 5.32 Å². The van der Waals surface area contributed by atoms with Crippen molar-refractivity contribution in [2.75, 3.05) is 5.32 Å². The average molecular weight is 369 g/mol. The highest BCUT2D eigenvalue weighted by atomic mass is 32.2. The third kappa shape index (κ3) is 4.28. The molecular formula is C19H19N3O3S. The molecule has 0 heterocycles. The Morgan fingerprint density at radius 2 is 1.88 bits per heavy atom.